The number of benzene rings is 2. The van der Waals surface area contributed by atoms with E-state index in [0.717, 1.165) is 28.8 Å². The first kappa shape index (κ1) is 18.0. The number of nitrogens with zero attached hydrogens (tertiary/aromatic N) is 1. The Labute approximate surface area is 150 Å². The van der Waals surface area contributed by atoms with E-state index < -0.39 is 29.0 Å². The Hall–Kier alpha value is -2.80. The normalized spacial score (nSPS) is 11.7. The van der Waals surface area contributed by atoms with Gasteiger partial charge in [-0.15, -0.1) is 0 Å². The smallest absolute Gasteiger partial charge is 0.416 e. The van der Waals surface area contributed by atoms with E-state index >= 15 is 0 Å². The van der Waals surface area contributed by atoms with Crippen LogP contribution in [0.15, 0.2) is 47.3 Å². The molecule has 1 aromatic heterocycles. The first-order valence-electron chi connectivity index (χ1n) is 7.32. The summed E-state index contributed by atoms with van der Waals surface area (Å²) in [4.78, 5) is 24.1. The lowest BCUT2D eigenvalue weighted by Gasteiger charge is -2.18. The van der Waals surface area contributed by atoms with Crippen LogP contribution in [0.2, 0.25) is 5.02 Å². The maximum Gasteiger partial charge on any atom is 0.416 e. The summed E-state index contributed by atoms with van der Waals surface area (Å²) in [6.07, 6.45) is -4.52. The molecule has 0 atom stereocenters. The van der Waals surface area contributed by atoms with Crippen LogP contribution >= 0.6 is 11.6 Å². The van der Waals surface area contributed by atoms with Gasteiger partial charge in [0.25, 0.3) is 5.56 Å². The monoisotopic (exact) mass is 380 g/mol. The number of aromatic nitrogens is 1. The number of halogens is 4. The highest BCUT2D eigenvalue weighted by Crippen LogP contribution is 2.35. The molecule has 0 aliphatic carbocycles. The Kier molecular flexibility index (Phi) is 4.28. The Morgan fingerprint density at radius 2 is 1.69 bits per heavy atom. The summed E-state index contributed by atoms with van der Waals surface area (Å²) in [5.41, 5.74) is -1.63. The second-order valence-electron chi connectivity index (χ2n) is 5.64. The maximum absolute atomic E-state index is 12.8. The van der Waals surface area contributed by atoms with Gasteiger partial charge < -0.3 is 14.5 Å². The number of rotatable bonds is 2. The van der Waals surface area contributed by atoms with Crippen LogP contribution in [-0.4, -0.2) is 10.5 Å². The fourth-order valence-corrected chi connectivity index (χ4v) is 3.02. The zero-order chi connectivity index (χ0) is 19.2. The third-order valence-electron chi connectivity index (χ3n) is 4.05. The number of hydrogen-bond donors (Lipinski definition) is 0. The van der Waals surface area contributed by atoms with Gasteiger partial charge in [-0.05, 0) is 41.3 Å². The van der Waals surface area contributed by atoms with Gasteiger partial charge in [-0.1, -0.05) is 23.7 Å². The van der Waals surface area contributed by atoms with Crippen molar-refractivity contribution in [3.05, 3.63) is 69.1 Å². The molecule has 0 spiro atoms. The SMILES string of the molecule is Cn1c(C(=O)[O-])c(-c2ccc(C(F)(F)F)cc2)c2cc(Cl)ccc2c1=O. The molecule has 4 nitrogen and oxygen atoms in total. The minimum atomic E-state index is -4.52. The minimum absolute atomic E-state index is 0.0679. The van der Waals surface area contributed by atoms with Crippen LogP contribution in [0.25, 0.3) is 21.9 Å². The van der Waals surface area contributed by atoms with Crippen molar-refractivity contribution in [2.75, 3.05) is 0 Å². The largest absolute Gasteiger partial charge is 0.543 e. The van der Waals surface area contributed by atoms with E-state index in [-0.39, 0.29) is 26.9 Å². The molecular weight excluding hydrogens is 371 g/mol. The van der Waals surface area contributed by atoms with Crippen LogP contribution in [0, 0.1) is 0 Å². The predicted octanol–water partition coefficient (Wildman–Crippen LogP) is 3.24. The first-order valence-corrected chi connectivity index (χ1v) is 7.70. The third kappa shape index (κ3) is 2.94. The molecule has 3 aromatic rings. The summed E-state index contributed by atoms with van der Waals surface area (Å²) in [6.45, 7) is 0. The lowest BCUT2D eigenvalue weighted by Crippen LogP contribution is -2.32. The zero-order valence-electron chi connectivity index (χ0n) is 13.2. The fraction of sp³-hybridized carbons (Fsp3) is 0.111. The average Bonchev–Trinajstić information content (AvgIpc) is 2.56. The van der Waals surface area contributed by atoms with Crippen molar-refractivity contribution < 1.29 is 23.1 Å². The highest BCUT2D eigenvalue weighted by molar-refractivity contribution is 6.31. The number of aromatic carboxylic acids is 1. The maximum atomic E-state index is 12.8. The summed E-state index contributed by atoms with van der Waals surface area (Å²) in [5, 5.41) is 12.3. The van der Waals surface area contributed by atoms with Crippen molar-refractivity contribution in [1.29, 1.82) is 0 Å². The van der Waals surface area contributed by atoms with Crippen molar-refractivity contribution >= 4 is 28.3 Å². The second-order valence-corrected chi connectivity index (χ2v) is 6.08. The summed E-state index contributed by atoms with van der Waals surface area (Å²) in [5.74, 6) is -1.62. The number of carbonyl (C=O) groups excluding carboxylic acids is 1. The van der Waals surface area contributed by atoms with Crippen molar-refractivity contribution in [3.63, 3.8) is 0 Å². The van der Waals surface area contributed by atoms with E-state index in [2.05, 4.69) is 0 Å². The topological polar surface area (TPSA) is 62.1 Å². The van der Waals surface area contributed by atoms with Crippen LogP contribution in [0.4, 0.5) is 13.2 Å². The van der Waals surface area contributed by atoms with E-state index in [0.29, 0.717) is 0 Å². The van der Waals surface area contributed by atoms with Gasteiger partial charge in [-0.25, -0.2) is 0 Å². The molecule has 0 unspecified atom stereocenters. The van der Waals surface area contributed by atoms with E-state index in [1.165, 1.54) is 25.2 Å². The van der Waals surface area contributed by atoms with E-state index in [1.807, 2.05) is 0 Å². The van der Waals surface area contributed by atoms with Gasteiger partial charge in [0.2, 0.25) is 0 Å². The lowest BCUT2D eigenvalue weighted by atomic mass is 9.96. The van der Waals surface area contributed by atoms with Gasteiger partial charge in [0.1, 0.15) is 0 Å². The Morgan fingerprint density at radius 3 is 2.23 bits per heavy atom. The molecule has 1 heterocycles. The number of carbonyl (C=O) groups is 1. The van der Waals surface area contributed by atoms with Gasteiger partial charge in [-0.3, -0.25) is 4.79 Å². The highest BCUT2D eigenvalue weighted by Gasteiger charge is 2.30. The standard InChI is InChI=1S/C18H11ClF3NO3/c1-23-15(17(25)26)14(9-2-4-10(5-3-9)18(20,21)22)13-8-11(19)6-7-12(13)16(23)24/h2-8H,1H3,(H,25,26)/p-1. The van der Waals surface area contributed by atoms with Gasteiger partial charge in [0.15, 0.2) is 0 Å². The number of pyridine rings is 1. The number of carboxylic acids is 1. The number of alkyl halides is 3. The Bertz CT molecular complexity index is 1090. The van der Waals surface area contributed by atoms with Crippen molar-refractivity contribution in [1.82, 2.24) is 4.57 Å². The third-order valence-corrected chi connectivity index (χ3v) is 4.29. The van der Waals surface area contributed by atoms with Gasteiger partial charge in [0.05, 0.1) is 17.2 Å². The molecule has 0 amide bonds. The van der Waals surface area contributed by atoms with Crippen LogP contribution in [0.1, 0.15) is 16.1 Å². The molecule has 0 N–H and O–H groups in total. The highest BCUT2D eigenvalue weighted by atomic mass is 35.5. The zero-order valence-corrected chi connectivity index (χ0v) is 14.0. The Morgan fingerprint density at radius 1 is 1.08 bits per heavy atom. The van der Waals surface area contributed by atoms with E-state index in [4.69, 9.17) is 11.6 Å². The molecule has 3 rings (SSSR count). The quantitative estimate of drug-likeness (QED) is 0.685. The molecule has 0 bridgehead atoms. The fourth-order valence-electron chi connectivity index (χ4n) is 2.84. The molecule has 26 heavy (non-hydrogen) atoms. The van der Waals surface area contributed by atoms with Crippen molar-refractivity contribution in [2.24, 2.45) is 7.05 Å². The van der Waals surface area contributed by atoms with Crippen LogP contribution < -0.4 is 10.7 Å². The number of hydrogen-bond acceptors (Lipinski definition) is 3. The number of carboxylic acid groups (broad SMARTS) is 1. The molecule has 8 heteroatoms. The summed E-state index contributed by atoms with van der Waals surface area (Å²) >= 11 is 5.97. The van der Waals surface area contributed by atoms with Gasteiger partial charge in [0, 0.05) is 23.0 Å². The molecule has 2 aromatic carbocycles. The Balaban J connectivity index is 2.42. The van der Waals surface area contributed by atoms with Crippen molar-refractivity contribution in [2.45, 2.75) is 6.18 Å². The molecule has 134 valence electrons. The van der Waals surface area contributed by atoms with Crippen LogP contribution in [0.3, 0.4) is 0 Å². The molecule has 0 fully saturated rings. The predicted molar refractivity (Wildman–Crippen MR) is 89.0 cm³/mol. The summed E-state index contributed by atoms with van der Waals surface area (Å²) in [7, 11) is 1.26. The second kappa shape index (κ2) is 6.17. The summed E-state index contributed by atoms with van der Waals surface area (Å²) in [6, 6.07) is 8.29. The van der Waals surface area contributed by atoms with E-state index in [1.54, 1.807) is 0 Å². The lowest BCUT2D eigenvalue weighted by molar-refractivity contribution is -0.255. The molecular formula is C18H10ClF3NO3-. The molecule has 0 aliphatic rings. The average molecular weight is 381 g/mol. The minimum Gasteiger partial charge on any atom is -0.543 e. The molecule has 0 saturated carbocycles. The van der Waals surface area contributed by atoms with Crippen molar-refractivity contribution in [3.8, 4) is 11.1 Å². The van der Waals surface area contributed by atoms with Crippen LogP contribution in [0.5, 0.6) is 0 Å². The van der Waals surface area contributed by atoms with E-state index in [9.17, 15) is 27.9 Å². The molecule has 0 radical (unpaired) electrons. The summed E-state index contributed by atoms with van der Waals surface area (Å²) < 4.78 is 39.3. The van der Waals surface area contributed by atoms with Gasteiger partial charge >= 0.3 is 6.18 Å². The molecule has 0 aliphatic heterocycles. The number of fused-ring (bicyclic) bond motifs is 1. The first-order chi connectivity index (χ1) is 12.1. The van der Waals surface area contributed by atoms with Gasteiger partial charge in [-0.2, -0.15) is 13.2 Å². The molecule has 0 saturated heterocycles. The van der Waals surface area contributed by atoms with Crippen LogP contribution in [-0.2, 0) is 13.2 Å².